The maximum Gasteiger partial charge on any atom is 0.550 e. The van der Waals surface area contributed by atoms with Gasteiger partial charge in [-0.2, -0.15) is 4.89 Å². The SMILES string of the molecule is CC(=O)OC(C)[P+](=O)O. The molecule has 0 aliphatic carbocycles. The third kappa shape index (κ3) is 4.06. The molecule has 0 saturated heterocycles. The fraction of sp³-hybridized carbons (Fsp3) is 0.750. The van der Waals surface area contributed by atoms with Crippen molar-refractivity contribution in [3.05, 3.63) is 0 Å². The highest BCUT2D eigenvalue weighted by Gasteiger charge is 2.25. The molecule has 0 bridgehead atoms. The molecule has 5 heteroatoms. The maximum atomic E-state index is 10.1. The molecule has 0 heterocycles. The summed E-state index contributed by atoms with van der Waals surface area (Å²) in [5.74, 6) is -1.43. The van der Waals surface area contributed by atoms with Crippen LogP contribution in [0.1, 0.15) is 13.8 Å². The van der Waals surface area contributed by atoms with Crippen molar-refractivity contribution in [1.82, 2.24) is 0 Å². The van der Waals surface area contributed by atoms with Gasteiger partial charge < -0.3 is 4.74 Å². The predicted octanol–water partition coefficient (Wildman–Crippen LogP) is 0.630. The average molecular weight is 151 g/mol. The molecule has 0 aromatic rings. The zero-order chi connectivity index (χ0) is 7.44. The van der Waals surface area contributed by atoms with E-state index in [-0.39, 0.29) is 0 Å². The molecule has 0 radical (unpaired) electrons. The molecule has 0 saturated carbocycles. The van der Waals surface area contributed by atoms with E-state index in [2.05, 4.69) is 4.74 Å². The molecule has 0 rings (SSSR count). The van der Waals surface area contributed by atoms with Gasteiger partial charge in [0.1, 0.15) is 0 Å². The first-order valence-corrected chi connectivity index (χ1v) is 3.64. The van der Waals surface area contributed by atoms with Gasteiger partial charge in [0.2, 0.25) is 0 Å². The quantitative estimate of drug-likeness (QED) is 0.464. The van der Waals surface area contributed by atoms with Gasteiger partial charge in [-0.05, 0) is 4.57 Å². The largest absolute Gasteiger partial charge is 0.550 e. The molecule has 2 atom stereocenters. The third-order valence-corrected chi connectivity index (χ3v) is 1.38. The van der Waals surface area contributed by atoms with E-state index in [4.69, 9.17) is 4.89 Å². The Kier molecular flexibility index (Phi) is 3.35. The summed E-state index contributed by atoms with van der Waals surface area (Å²) in [6, 6.07) is 0. The van der Waals surface area contributed by atoms with Gasteiger partial charge in [-0.1, -0.05) is 0 Å². The molecule has 0 fully saturated rings. The highest BCUT2D eigenvalue weighted by molar-refractivity contribution is 7.38. The van der Waals surface area contributed by atoms with E-state index < -0.39 is 19.8 Å². The van der Waals surface area contributed by atoms with Gasteiger partial charge in [-0.25, -0.2) is 0 Å². The maximum absolute atomic E-state index is 10.1. The normalized spacial score (nSPS) is 14.3. The molecule has 0 aliphatic heterocycles. The third-order valence-electron chi connectivity index (χ3n) is 0.648. The Bertz CT molecular complexity index is 133. The Morgan fingerprint density at radius 1 is 1.78 bits per heavy atom. The molecule has 0 spiro atoms. The van der Waals surface area contributed by atoms with E-state index in [0.29, 0.717) is 0 Å². The van der Waals surface area contributed by atoms with Crippen LogP contribution in [-0.2, 0) is 14.1 Å². The Morgan fingerprint density at radius 2 is 2.22 bits per heavy atom. The number of hydrogen-bond acceptors (Lipinski definition) is 3. The van der Waals surface area contributed by atoms with Crippen LogP contribution in [0.5, 0.6) is 0 Å². The van der Waals surface area contributed by atoms with Gasteiger partial charge in [0.25, 0.3) is 0 Å². The van der Waals surface area contributed by atoms with Gasteiger partial charge in [0, 0.05) is 13.8 Å². The van der Waals surface area contributed by atoms with Gasteiger partial charge in [0.15, 0.2) is 0 Å². The zero-order valence-electron chi connectivity index (χ0n) is 5.20. The molecule has 0 aromatic heterocycles. The second-order valence-corrected chi connectivity index (χ2v) is 2.84. The second kappa shape index (κ2) is 3.54. The van der Waals surface area contributed by atoms with Crippen LogP contribution in [0.2, 0.25) is 0 Å². The topological polar surface area (TPSA) is 63.6 Å². The highest BCUT2D eigenvalue weighted by atomic mass is 31.1. The highest BCUT2D eigenvalue weighted by Crippen LogP contribution is 2.22. The van der Waals surface area contributed by atoms with E-state index in [1.54, 1.807) is 0 Å². The molecule has 0 aromatic carbocycles. The molecule has 1 N–H and O–H groups in total. The van der Waals surface area contributed by atoms with Gasteiger partial charge >= 0.3 is 19.8 Å². The van der Waals surface area contributed by atoms with Crippen LogP contribution in [0.25, 0.3) is 0 Å². The summed E-state index contributed by atoms with van der Waals surface area (Å²) in [4.78, 5) is 18.4. The second-order valence-electron chi connectivity index (χ2n) is 1.51. The average Bonchev–Trinajstić information content (AvgIpc) is 1.63. The molecule has 4 nitrogen and oxygen atoms in total. The predicted molar refractivity (Wildman–Crippen MR) is 31.1 cm³/mol. The lowest BCUT2D eigenvalue weighted by molar-refractivity contribution is -0.142. The molecule has 0 amide bonds. The number of esters is 1. The van der Waals surface area contributed by atoms with E-state index in [9.17, 15) is 9.36 Å². The van der Waals surface area contributed by atoms with Crippen LogP contribution in [0.4, 0.5) is 0 Å². The van der Waals surface area contributed by atoms with Gasteiger partial charge in [0.05, 0.1) is 0 Å². The van der Waals surface area contributed by atoms with Crippen molar-refractivity contribution in [2.24, 2.45) is 0 Å². The van der Waals surface area contributed by atoms with Crippen molar-refractivity contribution in [2.75, 3.05) is 0 Å². The van der Waals surface area contributed by atoms with Crippen LogP contribution in [0.3, 0.4) is 0 Å². The monoisotopic (exact) mass is 151 g/mol. The molecular weight excluding hydrogens is 143 g/mol. The van der Waals surface area contributed by atoms with Crippen LogP contribution in [0, 0.1) is 0 Å². The summed E-state index contributed by atoms with van der Waals surface area (Å²) in [6.07, 6.45) is 0. The fourth-order valence-corrected chi connectivity index (χ4v) is 0.524. The van der Waals surface area contributed by atoms with Crippen LogP contribution < -0.4 is 0 Å². The first-order valence-electron chi connectivity index (χ1n) is 2.36. The number of ether oxygens (including phenoxy) is 1. The number of carbonyl (C=O) groups is 1. The molecular formula is C4H8O4P+. The smallest absolute Gasteiger partial charge is 0.414 e. The Balaban J connectivity index is 3.63. The molecule has 2 unspecified atom stereocenters. The van der Waals surface area contributed by atoms with E-state index in [1.807, 2.05) is 0 Å². The molecule has 0 aliphatic rings. The number of hydrogen-bond donors (Lipinski definition) is 1. The van der Waals surface area contributed by atoms with Crippen LogP contribution in [0.15, 0.2) is 0 Å². The lowest BCUT2D eigenvalue weighted by Gasteiger charge is -1.95. The first-order chi connectivity index (χ1) is 4.04. The van der Waals surface area contributed by atoms with E-state index >= 15 is 0 Å². The van der Waals surface area contributed by atoms with Crippen molar-refractivity contribution >= 4 is 14.0 Å². The summed E-state index contributed by atoms with van der Waals surface area (Å²) in [7, 11) is -2.39. The van der Waals surface area contributed by atoms with E-state index in [0.717, 1.165) is 0 Å². The number of rotatable bonds is 2. The summed E-state index contributed by atoms with van der Waals surface area (Å²) in [5, 5.41) is 0. The fourth-order valence-electron chi connectivity index (χ4n) is 0.285. The van der Waals surface area contributed by atoms with E-state index in [1.165, 1.54) is 13.8 Å². The lowest BCUT2D eigenvalue weighted by Crippen LogP contribution is -2.07. The van der Waals surface area contributed by atoms with Crippen molar-refractivity contribution in [1.29, 1.82) is 0 Å². The van der Waals surface area contributed by atoms with Gasteiger partial charge in [-0.15, -0.1) is 0 Å². The minimum atomic E-state index is -2.39. The van der Waals surface area contributed by atoms with Crippen molar-refractivity contribution in [3.63, 3.8) is 0 Å². The van der Waals surface area contributed by atoms with Crippen LogP contribution >= 0.6 is 8.03 Å². The minimum Gasteiger partial charge on any atom is -0.414 e. The zero-order valence-corrected chi connectivity index (χ0v) is 6.09. The summed E-state index contributed by atoms with van der Waals surface area (Å²) < 4.78 is 14.4. The number of carbonyl (C=O) groups excluding carboxylic acids is 1. The van der Waals surface area contributed by atoms with Gasteiger partial charge in [-0.3, -0.25) is 4.79 Å². The van der Waals surface area contributed by atoms with Crippen molar-refractivity contribution in [3.8, 4) is 0 Å². The Labute approximate surface area is 53.7 Å². The van der Waals surface area contributed by atoms with Crippen molar-refractivity contribution in [2.45, 2.75) is 19.7 Å². The minimum absolute atomic E-state index is 0.542. The van der Waals surface area contributed by atoms with Crippen LogP contribution in [-0.4, -0.2) is 16.7 Å². The molecule has 52 valence electrons. The summed E-state index contributed by atoms with van der Waals surface area (Å²) >= 11 is 0. The summed E-state index contributed by atoms with van der Waals surface area (Å²) in [6.45, 7) is 2.55. The lowest BCUT2D eigenvalue weighted by atomic mass is 10.8. The first kappa shape index (κ1) is 8.53. The van der Waals surface area contributed by atoms with Crippen molar-refractivity contribution < 1.29 is 19.0 Å². The Morgan fingerprint density at radius 3 is 2.33 bits per heavy atom. The molecule has 9 heavy (non-hydrogen) atoms. The Hall–Kier alpha value is -0.470. The summed E-state index contributed by atoms with van der Waals surface area (Å²) in [5.41, 5.74) is 0. The standard InChI is InChI=1S/C4H7O4P/c1-3(5)8-4(2)9(6)7/h4H,1-2H3/p+1.